The van der Waals surface area contributed by atoms with Crippen LogP contribution < -0.4 is 5.43 Å². The van der Waals surface area contributed by atoms with Crippen LogP contribution in [0.15, 0.2) is 63.8 Å². The maximum Gasteiger partial charge on any atom is 0.336 e. The van der Waals surface area contributed by atoms with Crippen molar-refractivity contribution in [2.45, 2.75) is 0 Å². The van der Waals surface area contributed by atoms with Gasteiger partial charge in [0, 0.05) is 29.7 Å². The molecule has 0 saturated carbocycles. The summed E-state index contributed by atoms with van der Waals surface area (Å²) in [7, 11) is 1.00. The normalized spacial score (nSPS) is 10.6. The average Bonchev–Trinajstić information content (AvgIpc) is 2.69. The summed E-state index contributed by atoms with van der Waals surface area (Å²) in [6.07, 6.45) is 0. The fourth-order valence-electron chi connectivity index (χ4n) is 3.04. The number of hydrogen-bond acceptors (Lipinski definition) is 4. The molecule has 1 aliphatic heterocycles. The van der Waals surface area contributed by atoms with Crippen LogP contribution in [0.2, 0.25) is 0 Å². The molecule has 4 rings (SSSR count). The molecule has 0 fully saturated rings. The van der Waals surface area contributed by atoms with E-state index in [2.05, 4.69) is 0 Å². The van der Waals surface area contributed by atoms with Gasteiger partial charge >= 0.3 is 5.97 Å². The number of aliphatic hydroxyl groups is 1. The van der Waals surface area contributed by atoms with Crippen LogP contribution in [0.25, 0.3) is 33.4 Å². The van der Waals surface area contributed by atoms with Crippen molar-refractivity contribution in [1.82, 2.24) is 0 Å². The number of carbonyl (C=O) groups is 1. The molecule has 2 N–H and O–H groups in total. The highest BCUT2D eigenvalue weighted by molar-refractivity contribution is 6.07. The Balaban J connectivity index is 0.00000109. The lowest BCUT2D eigenvalue weighted by Crippen LogP contribution is -2.07. The van der Waals surface area contributed by atoms with E-state index in [9.17, 15) is 23.5 Å². The quantitative estimate of drug-likeness (QED) is 0.507. The Hall–Kier alpha value is -3.58. The van der Waals surface area contributed by atoms with E-state index < -0.39 is 23.0 Å². The Kier molecular flexibility index (Phi) is 5.19. The van der Waals surface area contributed by atoms with E-state index in [0.717, 1.165) is 19.2 Å². The topological polar surface area (TPSA) is 87.7 Å². The second-order valence-electron chi connectivity index (χ2n) is 5.75. The summed E-state index contributed by atoms with van der Waals surface area (Å²) in [6.45, 7) is 0. The smallest absolute Gasteiger partial charge is 0.336 e. The lowest BCUT2D eigenvalue weighted by molar-refractivity contribution is 0.0697. The summed E-state index contributed by atoms with van der Waals surface area (Å²) < 4.78 is 33.4. The van der Waals surface area contributed by atoms with Gasteiger partial charge in [0.15, 0.2) is 5.82 Å². The van der Waals surface area contributed by atoms with Crippen molar-refractivity contribution in [3.8, 4) is 22.5 Å². The summed E-state index contributed by atoms with van der Waals surface area (Å²) in [6, 6.07) is 11.9. The van der Waals surface area contributed by atoms with Crippen molar-refractivity contribution < 1.29 is 28.2 Å². The number of aromatic carboxylic acids is 1. The highest BCUT2D eigenvalue weighted by Crippen LogP contribution is 2.41. The maximum absolute atomic E-state index is 13.9. The van der Waals surface area contributed by atoms with Crippen LogP contribution in [0.5, 0.6) is 0 Å². The van der Waals surface area contributed by atoms with Crippen LogP contribution in [0.1, 0.15) is 10.4 Å². The van der Waals surface area contributed by atoms with Crippen molar-refractivity contribution in [3.05, 3.63) is 82.0 Å². The first-order valence-corrected chi connectivity index (χ1v) is 8.09. The van der Waals surface area contributed by atoms with E-state index in [1.54, 1.807) is 18.2 Å². The minimum atomic E-state index is -1.18. The van der Waals surface area contributed by atoms with Crippen LogP contribution in [0, 0.1) is 11.6 Å². The molecule has 1 heterocycles. The third-order valence-corrected chi connectivity index (χ3v) is 4.16. The Labute approximate surface area is 157 Å². The molecule has 5 nitrogen and oxygen atoms in total. The zero-order chi connectivity index (χ0) is 20.4. The van der Waals surface area contributed by atoms with E-state index in [-0.39, 0.29) is 39.0 Å². The Morgan fingerprint density at radius 3 is 2.39 bits per heavy atom. The van der Waals surface area contributed by atoms with Gasteiger partial charge in [0.2, 0.25) is 5.43 Å². The minimum Gasteiger partial charge on any atom is -0.478 e. The molecule has 0 unspecified atom stereocenters. The number of aliphatic hydroxyl groups excluding tert-OH is 1. The van der Waals surface area contributed by atoms with Crippen molar-refractivity contribution in [2.24, 2.45) is 0 Å². The molecule has 0 amide bonds. The molecule has 0 atom stereocenters. The van der Waals surface area contributed by atoms with Gasteiger partial charge in [0.1, 0.15) is 17.2 Å². The first-order valence-electron chi connectivity index (χ1n) is 8.09. The number of rotatable bonds is 2. The van der Waals surface area contributed by atoms with Crippen LogP contribution in [-0.4, -0.2) is 23.3 Å². The highest BCUT2D eigenvalue weighted by atomic mass is 19.1. The fraction of sp³-hybridized carbons (Fsp3) is 0.0476. The minimum absolute atomic E-state index is 0.0304. The van der Waals surface area contributed by atoms with Crippen molar-refractivity contribution in [1.29, 1.82) is 0 Å². The Morgan fingerprint density at radius 2 is 1.68 bits per heavy atom. The van der Waals surface area contributed by atoms with Gasteiger partial charge in [-0.1, -0.05) is 18.2 Å². The molecular formula is C21H14F2O5. The number of carboxylic acids is 1. The van der Waals surface area contributed by atoms with E-state index in [1.807, 2.05) is 0 Å². The number of fused-ring (bicyclic) bond motifs is 2. The van der Waals surface area contributed by atoms with Crippen molar-refractivity contribution in [3.63, 3.8) is 0 Å². The third-order valence-electron chi connectivity index (χ3n) is 4.16. The average molecular weight is 384 g/mol. The summed E-state index contributed by atoms with van der Waals surface area (Å²) in [5, 5.41) is 16.8. The largest absolute Gasteiger partial charge is 0.478 e. The lowest BCUT2D eigenvalue weighted by atomic mass is 9.91. The molecule has 0 bridgehead atoms. The lowest BCUT2D eigenvalue weighted by Gasteiger charge is -2.16. The van der Waals surface area contributed by atoms with Gasteiger partial charge in [0.25, 0.3) is 0 Å². The van der Waals surface area contributed by atoms with Gasteiger partial charge < -0.3 is 14.6 Å². The SMILES string of the molecule is CO.O=C(O)c1ccccc1-c1c2cc(F)c(=O)cc-2oc2ccc(F)cc12. The number of hydrogen-bond donors (Lipinski definition) is 2. The summed E-state index contributed by atoms with van der Waals surface area (Å²) >= 11 is 0. The Bertz CT molecular complexity index is 1210. The van der Waals surface area contributed by atoms with Crippen LogP contribution in [-0.2, 0) is 0 Å². The van der Waals surface area contributed by atoms with Gasteiger partial charge in [-0.15, -0.1) is 0 Å². The summed E-state index contributed by atoms with van der Waals surface area (Å²) in [5.41, 5.74) is 0.124. The number of benzene rings is 3. The molecular weight excluding hydrogens is 370 g/mol. The molecule has 7 heteroatoms. The molecule has 2 aromatic carbocycles. The number of carboxylic acid groups (broad SMARTS) is 1. The second-order valence-corrected chi connectivity index (χ2v) is 5.75. The molecule has 2 aliphatic rings. The molecule has 0 spiro atoms. The van der Waals surface area contributed by atoms with Crippen LogP contribution >= 0.6 is 0 Å². The van der Waals surface area contributed by atoms with Crippen molar-refractivity contribution in [2.75, 3.05) is 7.11 Å². The molecule has 0 saturated heterocycles. The molecule has 2 aromatic rings. The molecule has 142 valence electrons. The third kappa shape index (κ3) is 3.23. The molecule has 0 aromatic heterocycles. The van der Waals surface area contributed by atoms with Gasteiger partial charge in [-0.05, 0) is 35.9 Å². The van der Waals surface area contributed by atoms with Gasteiger partial charge in [-0.2, -0.15) is 0 Å². The summed E-state index contributed by atoms with van der Waals surface area (Å²) in [5.74, 6) is -2.65. The van der Waals surface area contributed by atoms with E-state index in [4.69, 9.17) is 9.52 Å². The second kappa shape index (κ2) is 7.58. The Morgan fingerprint density at radius 1 is 0.964 bits per heavy atom. The van der Waals surface area contributed by atoms with Crippen LogP contribution in [0.4, 0.5) is 8.78 Å². The first kappa shape index (κ1) is 19.2. The molecule has 0 radical (unpaired) electrons. The van der Waals surface area contributed by atoms with E-state index >= 15 is 0 Å². The van der Waals surface area contributed by atoms with E-state index in [0.29, 0.717) is 0 Å². The summed E-state index contributed by atoms with van der Waals surface area (Å²) in [4.78, 5) is 23.3. The molecule has 1 aliphatic carbocycles. The van der Waals surface area contributed by atoms with Crippen LogP contribution in [0.3, 0.4) is 0 Å². The van der Waals surface area contributed by atoms with Gasteiger partial charge in [-0.25, -0.2) is 13.6 Å². The maximum atomic E-state index is 13.9. The monoisotopic (exact) mass is 384 g/mol. The fourth-order valence-corrected chi connectivity index (χ4v) is 3.04. The zero-order valence-corrected chi connectivity index (χ0v) is 14.6. The predicted octanol–water partition coefficient (Wildman–Crippen LogP) is 4.15. The highest BCUT2D eigenvalue weighted by Gasteiger charge is 2.22. The first-order chi connectivity index (χ1) is 13.5. The van der Waals surface area contributed by atoms with Crippen molar-refractivity contribution >= 4 is 16.9 Å². The van der Waals surface area contributed by atoms with E-state index in [1.165, 1.54) is 24.3 Å². The zero-order valence-electron chi connectivity index (χ0n) is 14.6. The molecule has 28 heavy (non-hydrogen) atoms. The van der Waals surface area contributed by atoms with Gasteiger partial charge in [0.05, 0.1) is 5.56 Å². The van der Waals surface area contributed by atoms with Gasteiger partial charge in [-0.3, -0.25) is 4.79 Å². The predicted molar refractivity (Wildman–Crippen MR) is 99.6 cm³/mol. The number of halogens is 2. The standard InChI is InChI=1S/C20H10F2O4.CH4O/c21-10-5-6-17-13(7-10)19(11-3-1-2-4-12(11)20(24)25)14-8-15(22)16(23)9-18(14)26-17;1-2/h1-9H,(H,24,25);2H,1H3.